The first kappa shape index (κ1) is 11.0. The molecule has 1 fully saturated rings. The Morgan fingerprint density at radius 1 is 1.24 bits per heavy atom. The number of fused-ring (bicyclic) bond motifs is 1. The number of hydrogen-bond acceptors (Lipinski definition) is 2. The van der Waals surface area contributed by atoms with Crippen LogP contribution in [-0.2, 0) is 0 Å². The number of halogens is 1. The van der Waals surface area contributed by atoms with Crippen LogP contribution in [0.5, 0.6) is 5.75 Å². The van der Waals surface area contributed by atoms with E-state index in [-0.39, 0.29) is 0 Å². The second-order valence-corrected chi connectivity index (χ2v) is 5.31. The molecule has 2 aromatic rings. The minimum absolute atomic E-state index is 0.372. The molecule has 1 saturated carbocycles. The molecule has 1 aliphatic rings. The van der Waals surface area contributed by atoms with E-state index in [1.54, 1.807) is 0 Å². The third kappa shape index (κ3) is 2.16. The number of ether oxygens (including phenoxy) is 1. The zero-order valence-electron chi connectivity index (χ0n) is 9.53. The van der Waals surface area contributed by atoms with Gasteiger partial charge in [-0.3, -0.25) is 4.98 Å². The van der Waals surface area contributed by atoms with E-state index in [0.717, 1.165) is 28.6 Å². The van der Waals surface area contributed by atoms with Gasteiger partial charge in [0.25, 0.3) is 0 Å². The summed E-state index contributed by atoms with van der Waals surface area (Å²) in [5.74, 6) is 0.898. The van der Waals surface area contributed by atoms with Crippen molar-refractivity contribution in [2.24, 2.45) is 5.41 Å². The first-order valence-electron chi connectivity index (χ1n) is 5.86. The number of pyridine rings is 1. The zero-order valence-corrected chi connectivity index (χ0v) is 11.1. The normalized spacial score (nSPS) is 17.0. The number of nitrogens with zero attached hydrogens (tertiary/aromatic N) is 1. The summed E-state index contributed by atoms with van der Waals surface area (Å²) in [7, 11) is 0. The predicted molar refractivity (Wildman–Crippen MR) is 72.7 cm³/mol. The highest BCUT2D eigenvalue weighted by molar-refractivity contribution is 9.09. The van der Waals surface area contributed by atoms with Crippen molar-refractivity contribution in [2.45, 2.75) is 12.8 Å². The smallest absolute Gasteiger partial charge is 0.145 e. The molecule has 3 heteroatoms. The van der Waals surface area contributed by atoms with E-state index in [2.05, 4.69) is 33.0 Å². The van der Waals surface area contributed by atoms with Gasteiger partial charge < -0.3 is 4.74 Å². The Labute approximate surface area is 109 Å². The molecule has 0 N–H and O–H groups in total. The van der Waals surface area contributed by atoms with Crippen LogP contribution in [0, 0.1) is 5.41 Å². The third-order valence-corrected chi connectivity index (χ3v) is 4.56. The van der Waals surface area contributed by atoms with Crippen LogP contribution in [0.3, 0.4) is 0 Å². The molecule has 0 bridgehead atoms. The molecule has 0 radical (unpaired) electrons. The highest BCUT2D eigenvalue weighted by Gasteiger charge is 2.42. The van der Waals surface area contributed by atoms with Gasteiger partial charge in [0.15, 0.2) is 0 Å². The molecule has 0 unspecified atom stereocenters. The van der Waals surface area contributed by atoms with Crippen molar-refractivity contribution in [2.75, 3.05) is 11.9 Å². The molecular formula is C14H14BrNO. The molecule has 0 aliphatic heterocycles. The lowest BCUT2D eigenvalue weighted by molar-refractivity contribution is 0.253. The van der Waals surface area contributed by atoms with Crippen LogP contribution in [-0.4, -0.2) is 16.9 Å². The van der Waals surface area contributed by atoms with Crippen LogP contribution in [0.25, 0.3) is 10.9 Å². The Hall–Kier alpha value is -1.09. The maximum absolute atomic E-state index is 5.94. The number of aromatic nitrogens is 1. The van der Waals surface area contributed by atoms with E-state index >= 15 is 0 Å². The minimum atomic E-state index is 0.372. The van der Waals surface area contributed by atoms with Gasteiger partial charge in [0.2, 0.25) is 0 Å². The number of benzene rings is 1. The van der Waals surface area contributed by atoms with Crippen molar-refractivity contribution in [3.8, 4) is 5.75 Å². The van der Waals surface area contributed by atoms with Gasteiger partial charge in [0.1, 0.15) is 11.3 Å². The summed E-state index contributed by atoms with van der Waals surface area (Å²) in [6.07, 6.45) is 4.33. The topological polar surface area (TPSA) is 22.1 Å². The van der Waals surface area contributed by atoms with Crippen LogP contribution in [0.2, 0.25) is 0 Å². The predicted octanol–water partition coefficient (Wildman–Crippen LogP) is 3.79. The molecule has 0 spiro atoms. The summed E-state index contributed by atoms with van der Waals surface area (Å²) in [5.41, 5.74) is 1.33. The molecule has 2 nitrogen and oxygen atoms in total. The summed E-state index contributed by atoms with van der Waals surface area (Å²) < 4.78 is 5.94. The van der Waals surface area contributed by atoms with E-state index in [1.807, 2.05) is 24.4 Å². The average Bonchev–Trinajstić information content (AvgIpc) is 3.17. The molecule has 3 rings (SSSR count). The van der Waals surface area contributed by atoms with Gasteiger partial charge in [-0.05, 0) is 25.0 Å². The zero-order chi connectivity index (χ0) is 11.7. The molecule has 88 valence electrons. The second-order valence-electron chi connectivity index (χ2n) is 4.75. The summed E-state index contributed by atoms with van der Waals surface area (Å²) in [5, 5.41) is 2.16. The van der Waals surface area contributed by atoms with Gasteiger partial charge in [0, 0.05) is 22.3 Å². The molecule has 0 amide bonds. The molecular weight excluding hydrogens is 278 g/mol. The van der Waals surface area contributed by atoms with Gasteiger partial charge in [-0.2, -0.15) is 0 Å². The van der Waals surface area contributed by atoms with Crippen molar-refractivity contribution < 1.29 is 4.74 Å². The van der Waals surface area contributed by atoms with Gasteiger partial charge in [-0.15, -0.1) is 0 Å². The molecule has 1 aliphatic carbocycles. The summed E-state index contributed by atoms with van der Waals surface area (Å²) in [6, 6.07) is 10.1. The Kier molecular flexibility index (Phi) is 2.79. The average molecular weight is 292 g/mol. The Morgan fingerprint density at radius 2 is 2.06 bits per heavy atom. The Bertz CT molecular complexity index is 531. The number of rotatable bonds is 4. The highest BCUT2D eigenvalue weighted by atomic mass is 79.9. The first-order chi connectivity index (χ1) is 8.33. The summed E-state index contributed by atoms with van der Waals surface area (Å²) in [4.78, 5) is 4.39. The molecule has 0 atom stereocenters. The van der Waals surface area contributed by atoms with Gasteiger partial charge in [0.05, 0.1) is 6.61 Å². The summed E-state index contributed by atoms with van der Waals surface area (Å²) in [6.45, 7) is 0.786. The lowest BCUT2D eigenvalue weighted by atomic mass is 10.1. The highest BCUT2D eigenvalue weighted by Crippen LogP contribution is 2.47. The van der Waals surface area contributed by atoms with E-state index in [4.69, 9.17) is 4.74 Å². The van der Waals surface area contributed by atoms with Crippen LogP contribution < -0.4 is 4.74 Å². The Morgan fingerprint density at radius 3 is 2.82 bits per heavy atom. The van der Waals surface area contributed by atoms with Crippen LogP contribution in [0.1, 0.15) is 12.8 Å². The summed E-state index contributed by atoms with van der Waals surface area (Å²) >= 11 is 3.56. The molecule has 1 aromatic carbocycles. The maximum Gasteiger partial charge on any atom is 0.145 e. The number of hydrogen-bond donors (Lipinski definition) is 0. The fourth-order valence-corrected chi connectivity index (χ4v) is 2.64. The first-order valence-corrected chi connectivity index (χ1v) is 6.98. The van der Waals surface area contributed by atoms with Crippen molar-refractivity contribution in [3.05, 3.63) is 36.5 Å². The van der Waals surface area contributed by atoms with Crippen molar-refractivity contribution in [1.82, 2.24) is 4.98 Å². The third-order valence-electron chi connectivity index (χ3n) is 3.37. The molecule has 1 heterocycles. The van der Waals surface area contributed by atoms with Crippen LogP contribution in [0.4, 0.5) is 0 Å². The maximum atomic E-state index is 5.94. The van der Waals surface area contributed by atoms with Crippen molar-refractivity contribution >= 4 is 26.8 Å². The fourth-order valence-electron chi connectivity index (χ4n) is 1.92. The molecule has 0 saturated heterocycles. The van der Waals surface area contributed by atoms with Crippen LogP contribution in [0.15, 0.2) is 36.5 Å². The van der Waals surface area contributed by atoms with Crippen LogP contribution >= 0.6 is 15.9 Å². The van der Waals surface area contributed by atoms with Crippen molar-refractivity contribution in [1.29, 1.82) is 0 Å². The lowest BCUT2D eigenvalue weighted by Crippen LogP contribution is -2.14. The Balaban J connectivity index is 1.85. The lowest BCUT2D eigenvalue weighted by Gasteiger charge is -2.14. The van der Waals surface area contributed by atoms with E-state index in [9.17, 15) is 0 Å². The molecule has 17 heavy (non-hydrogen) atoms. The van der Waals surface area contributed by atoms with Gasteiger partial charge in [-0.25, -0.2) is 0 Å². The SMILES string of the molecule is BrCC1(COc2cccc3cccnc23)CC1. The fraction of sp³-hybridized carbons (Fsp3) is 0.357. The van der Waals surface area contributed by atoms with Gasteiger partial charge >= 0.3 is 0 Å². The monoisotopic (exact) mass is 291 g/mol. The largest absolute Gasteiger partial charge is 0.491 e. The van der Waals surface area contributed by atoms with E-state index < -0.39 is 0 Å². The van der Waals surface area contributed by atoms with Crippen molar-refractivity contribution in [3.63, 3.8) is 0 Å². The number of alkyl halides is 1. The van der Waals surface area contributed by atoms with E-state index in [1.165, 1.54) is 12.8 Å². The standard InChI is InChI=1S/C14H14BrNO/c15-9-14(6-7-14)10-17-12-5-1-3-11-4-2-8-16-13(11)12/h1-5,8H,6-7,9-10H2. The minimum Gasteiger partial charge on any atom is -0.491 e. The second kappa shape index (κ2) is 4.30. The van der Waals surface area contributed by atoms with E-state index in [0.29, 0.717) is 5.41 Å². The number of para-hydroxylation sites is 1. The van der Waals surface area contributed by atoms with Gasteiger partial charge in [-0.1, -0.05) is 34.1 Å². The molecule has 1 aromatic heterocycles. The quantitative estimate of drug-likeness (QED) is 0.800.